The molecule has 0 atom stereocenters. The number of anilines is 2. The van der Waals surface area contributed by atoms with Crippen molar-refractivity contribution in [1.82, 2.24) is 9.97 Å². The Morgan fingerprint density at radius 3 is 2.54 bits per heavy atom. The molecule has 3 rings (SSSR count). The molecule has 1 aromatic heterocycles. The van der Waals surface area contributed by atoms with Gasteiger partial charge in [-0.2, -0.15) is 4.98 Å². The fourth-order valence-corrected chi connectivity index (χ4v) is 2.54. The molecular formula is C21H23N3O2. The van der Waals surface area contributed by atoms with Crippen molar-refractivity contribution in [2.24, 2.45) is 0 Å². The Morgan fingerprint density at radius 2 is 1.77 bits per heavy atom. The quantitative estimate of drug-likeness (QED) is 0.697. The van der Waals surface area contributed by atoms with Crippen LogP contribution >= 0.6 is 0 Å². The Kier molecular flexibility index (Phi) is 5.37. The van der Waals surface area contributed by atoms with Crippen molar-refractivity contribution < 1.29 is 9.47 Å². The van der Waals surface area contributed by atoms with Crippen molar-refractivity contribution in [1.29, 1.82) is 0 Å². The SMILES string of the molecule is COc1cccc(COc2cc(C)nc(Nc3ccc(C)c(C)c3)n2)c1. The van der Waals surface area contributed by atoms with Crippen molar-refractivity contribution in [2.45, 2.75) is 27.4 Å². The van der Waals surface area contributed by atoms with Crippen LogP contribution in [0.15, 0.2) is 48.5 Å². The molecule has 1 heterocycles. The van der Waals surface area contributed by atoms with Crippen LogP contribution in [0.25, 0.3) is 0 Å². The first-order chi connectivity index (χ1) is 12.5. The van der Waals surface area contributed by atoms with E-state index in [0.717, 1.165) is 22.7 Å². The maximum Gasteiger partial charge on any atom is 0.230 e. The lowest BCUT2D eigenvalue weighted by Gasteiger charge is -2.11. The molecule has 0 spiro atoms. The third-order valence-corrected chi connectivity index (χ3v) is 4.11. The molecule has 0 aliphatic rings. The summed E-state index contributed by atoms with van der Waals surface area (Å²) < 4.78 is 11.1. The predicted octanol–water partition coefficient (Wildman–Crippen LogP) is 4.73. The Balaban J connectivity index is 1.73. The standard InChI is InChI=1S/C21H23N3O2/c1-14-8-9-18(10-15(14)2)23-21-22-16(3)11-20(24-21)26-13-17-6-5-7-19(12-17)25-4/h5-12H,13H2,1-4H3,(H,22,23,24). The number of hydrogen-bond acceptors (Lipinski definition) is 5. The zero-order valence-corrected chi connectivity index (χ0v) is 15.5. The first-order valence-corrected chi connectivity index (χ1v) is 8.49. The molecular weight excluding hydrogens is 326 g/mol. The fourth-order valence-electron chi connectivity index (χ4n) is 2.54. The normalized spacial score (nSPS) is 10.5. The number of nitrogens with one attached hydrogen (secondary N) is 1. The molecule has 5 heteroatoms. The van der Waals surface area contributed by atoms with Gasteiger partial charge >= 0.3 is 0 Å². The number of aryl methyl sites for hydroxylation is 3. The molecule has 0 saturated carbocycles. The van der Waals surface area contributed by atoms with Crippen LogP contribution < -0.4 is 14.8 Å². The number of methoxy groups -OCH3 is 1. The summed E-state index contributed by atoms with van der Waals surface area (Å²) in [5, 5.41) is 3.25. The predicted molar refractivity (Wildman–Crippen MR) is 103 cm³/mol. The smallest absolute Gasteiger partial charge is 0.230 e. The highest BCUT2D eigenvalue weighted by Crippen LogP contribution is 2.20. The van der Waals surface area contributed by atoms with E-state index in [-0.39, 0.29) is 0 Å². The maximum atomic E-state index is 5.85. The van der Waals surface area contributed by atoms with Crippen molar-refractivity contribution in [3.8, 4) is 11.6 Å². The van der Waals surface area contributed by atoms with Gasteiger partial charge in [0.15, 0.2) is 0 Å². The highest BCUT2D eigenvalue weighted by molar-refractivity contribution is 5.56. The van der Waals surface area contributed by atoms with E-state index < -0.39 is 0 Å². The minimum Gasteiger partial charge on any atom is -0.497 e. The number of benzene rings is 2. The summed E-state index contributed by atoms with van der Waals surface area (Å²) in [7, 11) is 1.65. The Bertz CT molecular complexity index is 910. The van der Waals surface area contributed by atoms with Crippen LogP contribution in [0, 0.1) is 20.8 Å². The number of ether oxygens (including phenoxy) is 2. The van der Waals surface area contributed by atoms with Gasteiger partial charge in [-0.1, -0.05) is 18.2 Å². The molecule has 0 saturated heterocycles. The lowest BCUT2D eigenvalue weighted by atomic mass is 10.1. The van der Waals surface area contributed by atoms with Crippen molar-refractivity contribution in [3.63, 3.8) is 0 Å². The summed E-state index contributed by atoms with van der Waals surface area (Å²) in [6.45, 7) is 6.51. The highest BCUT2D eigenvalue weighted by Gasteiger charge is 2.06. The number of hydrogen-bond donors (Lipinski definition) is 1. The number of nitrogens with zero attached hydrogens (tertiary/aromatic N) is 2. The topological polar surface area (TPSA) is 56.3 Å². The Hall–Kier alpha value is -3.08. The fraction of sp³-hybridized carbons (Fsp3) is 0.238. The minimum atomic E-state index is 0.413. The van der Waals surface area contributed by atoms with Gasteiger partial charge in [0.2, 0.25) is 11.8 Å². The van der Waals surface area contributed by atoms with Gasteiger partial charge in [0.05, 0.1) is 7.11 Å². The molecule has 0 aliphatic heterocycles. The van der Waals surface area contributed by atoms with Crippen LogP contribution in [0.4, 0.5) is 11.6 Å². The summed E-state index contributed by atoms with van der Waals surface area (Å²) in [6, 6.07) is 15.8. The molecule has 26 heavy (non-hydrogen) atoms. The second-order valence-electron chi connectivity index (χ2n) is 6.24. The lowest BCUT2D eigenvalue weighted by molar-refractivity contribution is 0.292. The van der Waals surface area contributed by atoms with Gasteiger partial charge in [-0.15, -0.1) is 0 Å². The van der Waals surface area contributed by atoms with Crippen molar-refractivity contribution in [2.75, 3.05) is 12.4 Å². The van der Waals surface area contributed by atoms with Crippen LogP contribution in [0.2, 0.25) is 0 Å². The van der Waals surface area contributed by atoms with Crippen molar-refractivity contribution >= 4 is 11.6 Å². The number of rotatable bonds is 6. The number of aromatic nitrogens is 2. The molecule has 0 fully saturated rings. The molecule has 0 bridgehead atoms. The Morgan fingerprint density at radius 1 is 0.923 bits per heavy atom. The molecule has 2 aromatic carbocycles. The first kappa shape index (κ1) is 17.7. The first-order valence-electron chi connectivity index (χ1n) is 8.49. The third kappa shape index (κ3) is 4.51. The molecule has 0 radical (unpaired) electrons. The molecule has 134 valence electrons. The summed E-state index contributed by atoms with van der Waals surface area (Å²) in [6.07, 6.45) is 0. The second kappa shape index (κ2) is 7.87. The van der Waals surface area contributed by atoms with Gasteiger partial charge in [-0.25, -0.2) is 4.98 Å². The minimum absolute atomic E-state index is 0.413. The van der Waals surface area contributed by atoms with Crippen LogP contribution in [0.5, 0.6) is 11.6 Å². The monoisotopic (exact) mass is 349 g/mol. The third-order valence-electron chi connectivity index (χ3n) is 4.11. The molecule has 0 unspecified atom stereocenters. The summed E-state index contributed by atoms with van der Waals surface area (Å²) in [4.78, 5) is 8.90. The van der Waals surface area contributed by atoms with Gasteiger partial charge in [-0.3, -0.25) is 0 Å². The van der Waals surface area contributed by atoms with Gasteiger partial charge < -0.3 is 14.8 Å². The summed E-state index contributed by atoms with van der Waals surface area (Å²) in [5.74, 6) is 1.86. The van der Waals surface area contributed by atoms with E-state index in [0.29, 0.717) is 18.4 Å². The average molecular weight is 349 g/mol. The molecule has 0 aliphatic carbocycles. The van der Waals surface area contributed by atoms with Crippen LogP contribution in [0.1, 0.15) is 22.4 Å². The van der Waals surface area contributed by atoms with Gasteiger partial charge in [0.1, 0.15) is 12.4 Å². The van der Waals surface area contributed by atoms with Crippen LogP contribution in [-0.2, 0) is 6.61 Å². The molecule has 5 nitrogen and oxygen atoms in total. The largest absolute Gasteiger partial charge is 0.497 e. The van der Waals surface area contributed by atoms with Crippen molar-refractivity contribution in [3.05, 3.63) is 70.9 Å². The van der Waals surface area contributed by atoms with E-state index in [9.17, 15) is 0 Å². The van der Waals surface area contributed by atoms with Gasteiger partial charge in [0, 0.05) is 17.4 Å². The van der Waals surface area contributed by atoms with E-state index in [1.165, 1.54) is 11.1 Å². The zero-order chi connectivity index (χ0) is 18.5. The lowest BCUT2D eigenvalue weighted by Crippen LogP contribution is -2.03. The second-order valence-corrected chi connectivity index (χ2v) is 6.24. The maximum absolute atomic E-state index is 5.85. The van der Waals surface area contributed by atoms with E-state index in [4.69, 9.17) is 9.47 Å². The van der Waals surface area contributed by atoms with E-state index >= 15 is 0 Å². The van der Waals surface area contributed by atoms with Crippen LogP contribution in [0.3, 0.4) is 0 Å². The zero-order valence-electron chi connectivity index (χ0n) is 15.5. The molecule has 3 aromatic rings. The van der Waals surface area contributed by atoms with Gasteiger partial charge in [0.25, 0.3) is 0 Å². The summed E-state index contributed by atoms with van der Waals surface area (Å²) >= 11 is 0. The molecule has 0 amide bonds. The van der Waals surface area contributed by atoms with E-state index in [1.54, 1.807) is 7.11 Å². The summed E-state index contributed by atoms with van der Waals surface area (Å²) in [5.41, 5.74) is 5.29. The van der Waals surface area contributed by atoms with E-state index in [1.807, 2.05) is 43.3 Å². The van der Waals surface area contributed by atoms with Crippen LogP contribution in [-0.4, -0.2) is 17.1 Å². The average Bonchev–Trinajstić information content (AvgIpc) is 2.63. The Labute approximate surface area is 154 Å². The molecule has 1 N–H and O–H groups in total. The van der Waals surface area contributed by atoms with Gasteiger partial charge in [-0.05, 0) is 61.7 Å². The highest BCUT2D eigenvalue weighted by atomic mass is 16.5. The van der Waals surface area contributed by atoms with E-state index in [2.05, 4.69) is 41.3 Å².